The molecule has 3 rings (SSSR count). The van der Waals surface area contributed by atoms with Crippen molar-refractivity contribution in [1.82, 2.24) is 10.2 Å². The SMILES string of the molecule is CC(C(=O)NCC1(N2CCOCC2)CCCCC1)C(N)c1ccccc1.Cl. The lowest BCUT2D eigenvalue weighted by Gasteiger charge is -2.48. The fraction of sp³-hybridized carbons (Fsp3) is 0.667. The van der Waals surface area contributed by atoms with Gasteiger partial charge in [0, 0.05) is 31.2 Å². The van der Waals surface area contributed by atoms with Crippen LogP contribution in [0.1, 0.15) is 50.6 Å². The minimum Gasteiger partial charge on any atom is -0.379 e. The average molecular weight is 396 g/mol. The molecule has 1 saturated carbocycles. The van der Waals surface area contributed by atoms with Crippen molar-refractivity contribution in [1.29, 1.82) is 0 Å². The summed E-state index contributed by atoms with van der Waals surface area (Å²) in [5.74, 6) is -0.192. The maximum absolute atomic E-state index is 12.8. The van der Waals surface area contributed by atoms with E-state index >= 15 is 0 Å². The molecule has 152 valence electrons. The monoisotopic (exact) mass is 395 g/mol. The van der Waals surface area contributed by atoms with E-state index in [2.05, 4.69) is 10.2 Å². The third-order valence-electron chi connectivity index (χ3n) is 6.19. The van der Waals surface area contributed by atoms with Gasteiger partial charge >= 0.3 is 0 Å². The molecule has 1 aliphatic carbocycles. The molecule has 3 N–H and O–H groups in total. The van der Waals surface area contributed by atoms with E-state index in [9.17, 15) is 4.79 Å². The highest BCUT2D eigenvalue weighted by atomic mass is 35.5. The number of rotatable bonds is 6. The minimum absolute atomic E-state index is 0. The summed E-state index contributed by atoms with van der Waals surface area (Å²) in [7, 11) is 0. The first kappa shape index (κ1) is 22.2. The van der Waals surface area contributed by atoms with E-state index in [0.29, 0.717) is 0 Å². The molecule has 1 aliphatic heterocycles. The third-order valence-corrected chi connectivity index (χ3v) is 6.19. The molecule has 0 aromatic heterocycles. The van der Waals surface area contributed by atoms with Gasteiger partial charge < -0.3 is 15.8 Å². The van der Waals surface area contributed by atoms with Gasteiger partial charge in [0.2, 0.25) is 5.91 Å². The fourth-order valence-corrected chi connectivity index (χ4v) is 4.39. The fourth-order valence-electron chi connectivity index (χ4n) is 4.39. The summed E-state index contributed by atoms with van der Waals surface area (Å²) in [4.78, 5) is 15.3. The molecule has 2 fully saturated rings. The number of amides is 1. The van der Waals surface area contributed by atoms with E-state index in [4.69, 9.17) is 10.5 Å². The van der Waals surface area contributed by atoms with Gasteiger partial charge in [0.05, 0.1) is 19.1 Å². The highest BCUT2D eigenvalue weighted by molar-refractivity contribution is 5.85. The van der Waals surface area contributed by atoms with Crippen molar-refractivity contribution in [3.05, 3.63) is 35.9 Å². The van der Waals surface area contributed by atoms with Crippen molar-refractivity contribution >= 4 is 18.3 Å². The molecule has 1 aromatic rings. The van der Waals surface area contributed by atoms with E-state index in [-0.39, 0.29) is 35.8 Å². The quantitative estimate of drug-likeness (QED) is 0.777. The zero-order valence-electron chi connectivity index (χ0n) is 16.4. The van der Waals surface area contributed by atoms with E-state index < -0.39 is 0 Å². The van der Waals surface area contributed by atoms with Crippen LogP contribution < -0.4 is 11.1 Å². The highest BCUT2D eigenvalue weighted by Gasteiger charge is 2.39. The number of benzene rings is 1. The van der Waals surface area contributed by atoms with Crippen LogP contribution in [0.2, 0.25) is 0 Å². The maximum atomic E-state index is 12.8. The van der Waals surface area contributed by atoms with Gasteiger partial charge in [-0.2, -0.15) is 0 Å². The van der Waals surface area contributed by atoms with Crippen LogP contribution >= 0.6 is 12.4 Å². The lowest BCUT2D eigenvalue weighted by molar-refractivity contribution is -0.126. The number of morpholine rings is 1. The Morgan fingerprint density at radius 1 is 1.19 bits per heavy atom. The molecule has 2 atom stereocenters. The summed E-state index contributed by atoms with van der Waals surface area (Å²) < 4.78 is 5.53. The minimum atomic E-state index is -0.276. The number of carbonyl (C=O) groups is 1. The van der Waals surface area contributed by atoms with E-state index in [1.54, 1.807) is 0 Å². The standard InChI is InChI=1S/C21H33N3O2.ClH/c1-17(19(22)18-8-4-2-5-9-18)20(25)23-16-21(10-6-3-7-11-21)24-12-14-26-15-13-24;/h2,4-5,8-9,17,19H,3,6-7,10-16,22H2,1H3,(H,23,25);1H. The van der Waals surface area contributed by atoms with Crippen LogP contribution in [-0.4, -0.2) is 49.2 Å². The third kappa shape index (κ3) is 5.44. The predicted molar refractivity (Wildman–Crippen MR) is 111 cm³/mol. The molecular weight excluding hydrogens is 362 g/mol. The normalized spacial score (nSPS) is 22.3. The Bertz CT molecular complexity index is 572. The highest BCUT2D eigenvalue weighted by Crippen LogP contribution is 2.34. The molecule has 1 aromatic carbocycles. The first-order chi connectivity index (χ1) is 12.6. The maximum Gasteiger partial charge on any atom is 0.224 e. The summed E-state index contributed by atoms with van der Waals surface area (Å²) in [5, 5.41) is 3.24. The number of carbonyl (C=O) groups excluding carboxylic acids is 1. The second-order valence-corrected chi connectivity index (χ2v) is 7.83. The van der Waals surface area contributed by atoms with Crippen LogP contribution in [0.4, 0.5) is 0 Å². The van der Waals surface area contributed by atoms with Gasteiger partial charge in [-0.1, -0.05) is 56.5 Å². The van der Waals surface area contributed by atoms with Gasteiger partial charge in [-0.3, -0.25) is 9.69 Å². The summed E-state index contributed by atoms with van der Waals surface area (Å²) in [6, 6.07) is 9.61. The Kier molecular flexibility index (Phi) is 8.55. The molecule has 1 heterocycles. The smallest absolute Gasteiger partial charge is 0.224 e. The average Bonchev–Trinajstić information content (AvgIpc) is 2.73. The number of nitrogens with one attached hydrogen (secondary N) is 1. The van der Waals surface area contributed by atoms with Crippen molar-refractivity contribution in [2.75, 3.05) is 32.8 Å². The van der Waals surface area contributed by atoms with Crippen LogP contribution in [-0.2, 0) is 9.53 Å². The first-order valence-corrected chi connectivity index (χ1v) is 10.0. The van der Waals surface area contributed by atoms with Gasteiger partial charge in [0.25, 0.3) is 0 Å². The molecule has 6 heteroatoms. The molecule has 2 aliphatic rings. The van der Waals surface area contributed by atoms with Gasteiger partial charge in [-0.15, -0.1) is 12.4 Å². The Balaban J connectivity index is 0.00000261. The number of hydrogen-bond donors (Lipinski definition) is 2. The van der Waals surface area contributed by atoms with Crippen molar-refractivity contribution < 1.29 is 9.53 Å². The second-order valence-electron chi connectivity index (χ2n) is 7.83. The predicted octanol–water partition coefficient (Wildman–Crippen LogP) is 2.90. The molecule has 27 heavy (non-hydrogen) atoms. The van der Waals surface area contributed by atoms with Crippen LogP contribution in [0, 0.1) is 5.92 Å². The lowest BCUT2D eigenvalue weighted by atomic mass is 9.79. The molecule has 5 nitrogen and oxygen atoms in total. The van der Waals surface area contributed by atoms with Gasteiger partial charge in [-0.05, 0) is 18.4 Å². The van der Waals surface area contributed by atoms with Gasteiger partial charge in [0.15, 0.2) is 0 Å². The van der Waals surface area contributed by atoms with E-state index in [0.717, 1.165) is 51.3 Å². The van der Waals surface area contributed by atoms with E-state index in [1.807, 2.05) is 37.3 Å². The van der Waals surface area contributed by atoms with Crippen LogP contribution in [0.25, 0.3) is 0 Å². The van der Waals surface area contributed by atoms with Crippen molar-refractivity contribution in [3.63, 3.8) is 0 Å². The number of nitrogens with two attached hydrogens (primary N) is 1. The molecule has 0 radical (unpaired) electrons. The Hall–Kier alpha value is -1.14. The summed E-state index contributed by atoms with van der Waals surface area (Å²) >= 11 is 0. The zero-order chi connectivity index (χ0) is 18.4. The van der Waals surface area contributed by atoms with Gasteiger partial charge in [0.1, 0.15) is 0 Å². The zero-order valence-corrected chi connectivity index (χ0v) is 17.2. The van der Waals surface area contributed by atoms with Crippen molar-refractivity contribution in [2.24, 2.45) is 11.7 Å². The topological polar surface area (TPSA) is 67.6 Å². The molecule has 1 saturated heterocycles. The number of halogens is 1. The van der Waals surface area contributed by atoms with Crippen molar-refractivity contribution in [3.8, 4) is 0 Å². The second kappa shape index (κ2) is 10.4. The Morgan fingerprint density at radius 3 is 2.44 bits per heavy atom. The van der Waals surface area contributed by atoms with Crippen LogP contribution in [0.5, 0.6) is 0 Å². The largest absolute Gasteiger partial charge is 0.379 e. The number of nitrogens with zero attached hydrogens (tertiary/aromatic N) is 1. The van der Waals surface area contributed by atoms with E-state index in [1.165, 1.54) is 19.3 Å². The van der Waals surface area contributed by atoms with Crippen molar-refractivity contribution in [2.45, 2.75) is 50.6 Å². The molecule has 2 unspecified atom stereocenters. The molecule has 1 amide bonds. The Morgan fingerprint density at radius 2 is 1.81 bits per heavy atom. The van der Waals surface area contributed by atoms with Crippen LogP contribution in [0.15, 0.2) is 30.3 Å². The summed E-state index contributed by atoms with van der Waals surface area (Å²) in [6.07, 6.45) is 6.10. The number of hydrogen-bond acceptors (Lipinski definition) is 4. The Labute approximate surface area is 169 Å². The molecule has 0 spiro atoms. The number of ether oxygens (including phenoxy) is 1. The summed E-state index contributed by atoms with van der Waals surface area (Å²) in [6.45, 7) is 6.17. The lowest BCUT2D eigenvalue weighted by Crippen LogP contribution is -2.60. The summed E-state index contributed by atoms with van der Waals surface area (Å²) in [5.41, 5.74) is 7.44. The van der Waals surface area contributed by atoms with Gasteiger partial charge in [-0.25, -0.2) is 0 Å². The molecular formula is C21H34ClN3O2. The molecule has 0 bridgehead atoms. The van der Waals surface area contributed by atoms with Crippen LogP contribution in [0.3, 0.4) is 0 Å². The first-order valence-electron chi connectivity index (χ1n) is 10.0.